The van der Waals surface area contributed by atoms with E-state index in [0.29, 0.717) is 15.6 Å². The van der Waals surface area contributed by atoms with Crippen LogP contribution in [0.15, 0.2) is 53.4 Å². The van der Waals surface area contributed by atoms with Gasteiger partial charge >= 0.3 is 0 Å². The van der Waals surface area contributed by atoms with Gasteiger partial charge < -0.3 is 15.6 Å². The average molecular weight is 345 g/mol. The van der Waals surface area contributed by atoms with Gasteiger partial charge in [0.1, 0.15) is 4.32 Å². The van der Waals surface area contributed by atoms with Crippen LogP contribution in [0, 0.1) is 0 Å². The van der Waals surface area contributed by atoms with Gasteiger partial charge in [-0.25, -0.2) is 0 Å². The molecule has 0 bridgehead atoms. The number of thiocarbonyl (C=S) groups is 1. The first-order chi connectivity index (χ1) is 11.0. The fourth-order valence-corrected chi connectivity index (χ4v) is 2.66. The summed E-state index contributed by atoms with van der Waals surface area (Å²) in [7, 11) is 1.47. The Hall–Kier alpha value is -2.31. The molecule has 0 saturated carbocycles. The molecule has 118 valence electrons. The van der Waals surface area contributed by atoms with Crippen LogP contribution >= 0.6 is 24.0 Å². The molecule has 2 aromatic rings. The molecular formula is C17H15NO3S2. The number of carbonyl (C=O) groups is 1. The van der Waals surface area contributed by atoms with E-state index in [9.17, 15) is 9.90 Å². The summed E-state index contributed by atoms with van der Waals surface area (Å²) in [6.07, 6.45) is 3.14. The van der Waals surface area contributed by atoms with E-state index in [-0.39, 0.29) is 11.5 Å². The number of phenols is 1. The van der Waals surface area contributed by atoms with Crippen molar-refractivity contribution < 1.29 is 14.6 Å². The van der Waals surface area contributed by atoms with Crippen molar-refractivity contribution in [3.8, 4) is 11.5 Å². The smallest absolute Gasteiger partial charge is 0.185 e. The second-order valence-electron chi connectivity index (χ2n) is 4.57. The minimum absolute atomic E-state index is 0.0573. The first kappa shape index (κ1) is 17.1. The van der Waals surface area contributed by atoms with Crippen LogP contribution in [0.5, 0.6) is 11.5 Å². The third kappa shape index (κ3) is 4.84. The highest BCUT2D eigenvalue weighted by Crippen LogP contribution is 2.26. The third-order valence-corrected chi connectivity index (χ3v) is 3.95. The summed E-state index contributed by atoms with van der Waals surface area (Å²) in [5, 5.41) is 9.54. The van der Waals surface area contributed by atoms with Crippen molar-refractivity contribution in [3.05, 3.63) is 59.7 Å². The number of ketones is 1. The molecule has 4 nitrogen and oxygen atoms in total. The van der Waals surface area contributed by atoms with Gasteiger partial charge in [0, 0.05) is 10.5 Å². The van der Waals surface area contributed by atoms with Gasteiger partial charge in [0.2, 0.25) is 0 Å². The number of ether oxygens (including phenoxy) is 1. The zero-order valence-corrected chi connectivity index (χ0v) is 14.0. The van der Waals surface area contributed by atoms with E-state index >= 15 is 0 Å². The number of phenolic OH excluding ortho intramolecular Hbond substituents is 1. The van der Waals surface area contributed by atoms with Crippen LogP contribution < -0.4 is 10.5 Å². The largest absolute Gasteiger partial charge is 0.504 e. The first-order valence-electron chi connectivity index (χ1n) is 6.66. The molecule has 0 atom stereocenters. The SMILES string of the molecule is COc1cc(/C=C/C(=O)c2ccc(SC(N)=S)cc2)ccc1O. The van der Waals surface area contributed by atoms with E-state index in [1.165, 1.54) is 31.0 Å². The number of allylic oxidation sites excluding steroid dienone is 1. The molecule has 0 radical (unpaired) electrons. The Labute approximate surface area is 144 Å². The maximum absolute atomic E-state index is 12.1. The van der Waals surface area contributed by atoms with Crippen LogP contribution in [-0.4, -0.2) is 22.3 Å². The number of carbonyl (C=O) groups excluding carboxylic acids is 1. The van der Waals surface area contributed by atoms with Crippen molar-refractivity contribution >= 4 is 40.2 Å². The minimum Gasteiger partial charge on any atom is -0.504 e. The maximum Gasteiger partial charge on any atom is 0.185 e. The fourth-order valence-electron chi connectivity index (χ4n) is 1.87. The fraction of sp³-hybridized carbons (Fsp3) is 0.0588. The highest BCUT2D eigenvalue weighted by molar-refractivity contribution is 8.22. The molecule has 23 heavy (non-hydrogen) atoms. The summed E-state index contributed by atoms with van der Waals surface area (Å²) in [5.74, 6) is 0.296. The Bertz CT molecular complexity index is 755. The topological polar surface area (TPSA) is 72.5 Å². The molecular weight excluding hydrogens is 330 g/mol. The molecule has 2 rings (SSSR count). The third-order valence-electron chi connectivity index (χ3n) is 2.99. The van der Waals surface area contributed by atoms with E-state index in [1.807, 2.05) is 0 Å². The number of rotatable bonds is 5. The Balaban J connectivity index is 2.10. The van der Waals surface area contributed by atoms with Gasteiger partial charge in [0.15, 0.2) is 17.3 Å². The Morgan fingerprint density at radius 2 is 1.96 bits per heavy atom. The summed E-state index contributed by atoms with van der Waals surface area (Å²) >= 11 is 6.10. The predicted molar refractivity (Wildman–Crippen MR) is 97.1 cm³/mol. The zero-order valence-electron chi connectivity index (χ0n) is 12.4. The Morgan fingerprint density at radius 1 is 1.26 bits per heavy atom. The molecule has 3 N–H and O–H groups in total. The van der Waals surface area contributed by atoms with E-state index in [0.717, 1.165) is 10.5 Å². The lowest BCUT2D eigenvalue weighted by Gasteiger charge is -2.03. The minimum atomic E-state index is -0.121. The van der Waals surface area contributed by atoms with Crippen LogP contribution in [0.4, 0.5) is 0 Å². The van der Waals surface area contributed by atoms with Gasteiger partial charge in [-0.05, 0) is 48.0 Å². The monoisotopic (exact) mass is 345 g/mol. The number of benzene rings is 2. The molecule has 0 heterocycles. The van der Waals surface area contributed by atoms with Crippen molar-refractivity contribution in [2.24, 2.45) is 5.73 Å². The van der Waals surface area contributed by atoms with Gasteiger partial charge in [-0.15, -0.1) is 0 Å². The Morgan fingerprint density at radius 3 is 2.57 bits per heavy atom. The lowest BCUT2D eigenvalue weighted by molar-refractivity contribution is 0.104. The van der Waals surface area contributed by atoms with Crippen molar-refractivity contribution in [3.63, 3.8) is 0 Å². The van der Waals surface area contributed by atoms with Gasteiger partial charge in [-0.3, -0.25) is 4.79 Å². The lowest BCUT2D eigenvalue weighted by Crippen LogP contribution is -2.01. The summed E-state index contributed by atoms with van der Waals surface area (Å²) in [6, 6.07) is 11.9. The number of nitrogens with two attached hydrogens (primary N) is 1. The number of hydrogen-bond donors (Lipinski definition) is 2. The highest BCUT2D eigenvalue weighted by atomic mass is 32.2. The second-order valence-corrected chi connectivity index (χ2v) is 6.39. The number of thioether (sulfide) groups is 1. The van der Waals surface area contributed by atoms with Crippen molar-refractivity contribution in [2.45, 2.75) is 4.90 Å². The average Bonchev–Trinajstić information content (AvgIpc) is 2.54. The molecule has 6 heteroatoms. The number of aromatic hydroxyl groups is 1. The van der Waals surface area contributed by atoms with Crippen molar-refractivity contribution in [1.29, 1.82) is 0 Å². The molecule has 0 unspecified atom stereocenters. The second kappa shape index (κ2) is 7.80. The van der Waals surface area contributed by atoms with Gasteiger partial charge in [-0.2, -0.15) is 0 Å². The van der Waals surface area contributed by atoms with Gasteiger partial charge in [0.05, 0.1) is 7.11 Å². The Kier molecular flexibility index (Phi) is 5.78. The highest BCUT2D eigenvalue weighted by Gasteiger charge is 2.04. The maximum atomic E-state index is 12.1. The van der Waals surface area contributed by atoms with Gasteiger partial charge in [-0.1, -0.05) is 36.1 Å². The predicted octanol–water partition coefficient (Wildman–Crippen LogP) is 3.63. The standard InChI is InChI=1S/C17H15NO3S2/c1-21-16-10-11(3-9-15(16)20)2-8-14(19)12-4-6-13(7-5-12)23-17(18)22/h2-10,20H,1H3,(H2,18,22)/b8-2+. The van der Waals surface area contributed by atoms with Gasteiger partial charge in [0.25, 0.3) is 0 Å². The molecule has 0 aliphatic heterocycles. The lowest BCUT2D eigenvalue weighted by atomic mass is 10.1. The van der Waals surface area contributed by atoms with Crippen LogP contribution in [0.3, 0.4) is 0 Å². The van der Waals surface area contributed by atoms with Crippen LogP contribution in [0.2, 0.25) is 0 Å². The summed E-state index contributed by atoms with van der Waals surface area (Å²) in [6.45, 7) is 0. The number of methoxy groups -OCH3 is 1. The molecule has 0 saturated heterocycles. The molecule has 0 fully saturated rings. The quantitative estimate of drug-likeness (QED) is 0.373. The zero-order chi connectivity index (χ0) is 16.8. The summed E-state index contributed by atoms with van der Waals surface area (Å²) in [4.78, 5) is 13.0. The van der Waals surface area contributed by atoms with E-state index < -0.39 is 0 Å². The molecule has 0 aliphatic rings. The molecule has 2 aromatic carbocycles. The number of hydrogen-bond acceptors (Lipinski definition) is 5. The van der Waals surface area contributed by atoms with Crippen LogP contribution in [0.25, 0.3) is 6.08 Å². The normalized spacial score (nSPS) is 10.7. The van der Waals surface area contributed by atoms with E-state index in [1.54, 1.807) is 42.5 Å². The van der Waals surface area contributed by atoms with Crippen molar-refractivity contribution in [2.75, 3.05) is 7.11 Å². The van der Waals surface area contributed by atoms with Crippen LogP contribution in [0.1, 0.15) is 15.9 Å². The van der Waals surface area contributed by atoms with Crippen LogP contribution in [-0.2, 0) is 0 Å². The summed E-state index contributed by atoms with van der Waals surface area (Å²) < 4.78 is 5.37. The summed E-state index contributed by atoms with van der Waals surface area (Å²) in [5.41, 5.74) is 6.78. The van der Waals surface area contributed by atoms with Crippen molar-refractivity contribution in [1.82, 2.24) is 0 Å². The molecule has 0 aliphatic carbocycles. The molecule has 0 amide bonds. The van der Waals surface area contributed by atoms with E-state index in [4.69, 9.17) is 22.7 Å². The first-order valence-corrected chi connectivity index (χ1v) is 7.89. The molecule has 0 spiro atoms. The molecule has 0 aromatic heterocycles. The van der Waals surface area contributed by atoms with E-state index in [2.05, 4.69) is 0 Å².